The summed E-state index contributed by atoms with van der Waals surface area (Å²) in [6.07, 6.45) is 0. The van der Waals surface area contributed by atoms with E-state index in [0.717, 1.165) is 4.90 Å². The van der Waals surface area contributed by atoms with Crippen LogP contribution >= 0.6 is 11.6 Å². The first-order valence-electron chi connectivity index (χ1n) is 5.40. The van der Waals surface area contributed by atoms with Crippen molar-refractivity contribution in [1.82, 2.24) is 5.32 Å². The predicted octanol–water partition coefficient (Wildman–Crippen LogP) is 1.72. The summed E-state index contributed by atoms with van der Waals surface area (Å²) in [4.78, 5) is 24.8. The van der Waals surface area contributed by atoms with Crippen molar-refractivity contribution in [2.45, 2.75) is 19.4 Å². The van der Waals surface area contributed by atoms with Crippen LogP contribution in [0.25, 0.3) is 0 Å². The maximum atomic E-state index is 13.9. The maximum Gasteiger partial charge on any atom is 0.252 e. The average molecular weight is 271 g/mol. The molecule has 0 aromatic heterocycles. The lowest BCUT2D eigenvalue weighted by molar-refractivity contribution is -0.134. The first-order valence-corrected chi connectivity index (χ1v) is 5.78. The lowest BCUT2D eigenvalue weighted by Crippen LogP contribution is -2.64. The average Bonchev–Trinajstić information content (AvgIpc) is 2.27. The summed E-state index contributed by atoms with van der Waals surface area (Å²) in [7, 11) is 0. The lowest BCUT2D eigenvalue weighted by Gasteiger charge is -2.37. The standard InChI is InChI=1S/C12H12ClFN2O2/c1-12(2)11(18)16(6-9(17)15-12)8-5-3-4-7(13)10(8)14/h3-5H,6H2,1-2H3,(H,15,17). The number of hydrogen-bond acceptors (Lipinski definition) is 2. The SMILES string of the molecule is CC1(C)NC(=O)CN(c2cccc(Cl)c2F)C1=O. The van der Waals surface area contributed by atoms with E-state index in [-0.39, 0.29) is 29.1 Å². The molecule has 0 atom stereocenters. The van der Waals surface area contributed by atoms with Gasteiger partial charge in [0.2, 0.25) is 5.91 Å². The van der Waals surface area contributed by atoms with Crippen LogP contribution < -0.4 is 10.2 Å². The van der Waals surface area contributed by atoms with Gasteiger partial charge in [0.15, 0.2) is 5.82 Å². The second-order valence-electron chi connectivity index (χ2n) is 4.64. The predicted molar refractivity (Wildman–Crippen MR) is 66.0 cm³/mol. The first-order chi connectivity index (χ1) is 8.33. The van der Waals surface area contributed by atoms with E-state index in [9.17, 15) is 14.0 Å². The zero-order valence-corrected chi connectivity index (χ0v) is 10.7. The molecule has 0 radical (unpaired) electrons. The number of amides is 2. The van der Waals surface area contributed by atoms with E-state index in [1.807, 2.05) is 0 Å². The number of rotatable bonds is 1. The Morgan fingerprint density at radius 3 is 2.72 bits per heavy atom. The summed E-state index contributed by atoms with van der Waals surface area (Å²) in [6, 6.07) is 4.35. The molecular weight excluding hydrogens is 259 g/mol. The molecule has 2 rings (SSSR count). The Balaban J connectivity index is 2.46. The van der Waals surface area contributed by atoms with Crippen molar-refractivity contribution in [3.05, 3.63) is 29.0 Å². The summed E-state index contributed by atoms with van der Waals surface area (Å²) in [5, 5.41) is 2.47. The molecule has 1 aliphatic heterocycles. The number of benzene rings is 1. The van der Waals surface area contributed by atoms with E-state index < -0.39 is 11.4 Å². The molecule has 2 amide bonds. The number of piperazine rings is 1. The molecule has 1 N–H and O–H groups in total. The maximum absolute atomic E-state index is 13.9. The highest BCUT2D eigenvalue weighted by molar-refractivity contribution is 6.31. The number of halogens is 2. The van der Waals surface area contributed by atoms with Gasteiger partial charge in [-0.2, -0.15) is 0 Å². The molecule has 1 aliphatic rings. The smallest absolute Gasteiger partial charge is 0.252 e. The van der Waals surface area contributed by atoms with Gasteiger partial charge in [-0.05, 0) is 26.0 Å². The molecule has 0 bridgehead atoms. The lowest BCUT2D eigenvalue weighted by atomic mass is 10.00. The number of nitrogens with zero attached hydrogens (tertiary/aromatic N) is 1. The van der Waals surface area contributed by atoms with Crippen molar-refractivity contribution in [1.29, 1.82) is 0 Å². The van der Waals surface area contributed by atoms with Crippen LogP contribution in [-0.4, -0.2) is 23.9 Å². The van der Waals surface area contributed by atoms with Gasteiger partial charge in [-0.1, -0.05) is 17.7 Å². The molecule has 0 spiro atoms. The number of carbonyl (C=O) groups excluding carboxylic acids is 2. The van der Waals surface area contributed by atoms with E-state index >= 15 is 0 Å². The fourth-order valence-electron chi connectivity index (χ4n) is 1.89. The molecule has 1 fully saturated rings. The van der Waals surface area contributed by atoms with Crippen molar-refractivity contribution >= 4 is 29.1 Å². The van der Waals surface area contributed by atoms with E-state index in [2.05, 4.69) is 5.32 Å². The van der Waals surface area contributed by atoms with Gasteiger partial charge in [0, 0.05) is 0 Å². The minimum absolute atomic E-state index is 0.0235. The van der Waals surface area contributed by atoms with Crippen molar-refractivity contribution in [3.63, 3.8) is 0 Å². The van der Waals surface area contributed by atoms with Gasteiger partial charge in [-0.3, -0.25) is 14.5 Å². The third-order valence-electron chi connectivity index (χ3n) is 2.76. The van der Waals surface area contributed by atoms with Crippen molar-refractivity contribution < 1.29 is 14.0 Å². The van der Waals surface area contributed by atoms with Gasteiger partial charge >= 0.3 is 0 Å². The van der Waals surface area contributed by atoms with Crippen molar-refractivity contribution in [2.75, 3.05) is 11.4 Å². The van der Waals surface area contributed by atoms with Crippen LogP contribution in [0.4, 0.5) is 10.1 Å². The Kier molecular flexibility index (Phi) is 3.02. The van der Waals surface area contributed by atoms with Gasteiger partial charge in [-0.15, -0.1) is 0 Å². The van der Waals surface area contributed by atoms with Crippen LogP contribution in [0.1, 0.15) is 13.8 Å². The van der Waals surface area contributed by atoms with E-state index in [0.29, 0.717) is 0 Å². The second kappa shape index (κ2) is 4.24. The third kappa shape index (κ3) is 2.06. The van der Waals surface area contributed by atoms with Gasteiger partial charge in [0.1, 0.15) is 12.1 Å². The Hall–Kier alpha value is -1.62. The van der Waals surface area contributed by atoms with Gasteiger partial charge in [0.25, 0.3) is 5.91 Å². The molecule has 6 heteroatoms. The normalized spacial score (nSPS) is 18.8. The molecule has 1 aromatic rings. The highest BCUT2D eigenvalue weighted by atomic mass is 35.5. The summed E-state index contributed by atoms with van der Waals surface area (Å²) < 4.78 is 13.9. The molecule has 1 saturated heterocycles. The first kappa shape index (κ1) is 12.8. The van der Waals surface area contributed by atoms with Crippen LogP contribution in [0.5, 0.6) is 0 Å². The summed E-state index contributed by atoms with van der Waals surface area (Å²) in [5.41, 5.74) is -1.03. The van der Waals surface area contributed by atoms with E-state index in [1.54, 1.807) is 13.8 Å². The molecule has 4 nitrogen and oxygen atoms in total. The molecule has 1 heterocycles. The second-order valence-corrected chi connectivity index (χ2v) is 5.04. The monoisotopic (exact) mass is 270 g/mol. The van der Waals surface area contributed by atoms with Gasteiger partial charge < -0.3 is 5.32 Å². The fourth-order valence-corrected chi connectivity index (χ4v) is 2.06. The highest BCUT2D eigenvalue weighted by Gasteiger charge is 2.40. The summed E-state index contributed by atoms with van der Waals surface area (Å²) in [5.74, 6) is -1.40. The van der Waals surface area contributed by atoms with Crippen molar-refractivity contribution in [2.24, 2.45) is 0 Å². The number of anilines is 1. The Labute approximate surface area is 109 Å². The molecule has 0 aliphatic carbocycles. The quantitative estimate of drug-likeness (QED) is 0.845. The van der Waals surface area contributed by atoms with Crippen LogP contribution in [-0.2, 0) is 9.59 Å². The molecule has 1 aromatic carbocycles. The van der Waals surface area contributed by atoms with Gasteiger partial charge in [-0.25, -0.2) is 4.39 Å². The minimum Gasteiger partial charge on any atom is -0.341 e. The van der Waals surface area contributed by atoms with Crippen LogP contribution in [0.3, 0.4) is 0 Å². The molecular formula is C12H12ClFN2O2. The Morgan fingerprint density at radius 2 is 2.06 bits per heavy atom. The zero-order chi connectivity index (χ0) is 13.5. The molecule has 18 heavy (non-hydrogen) atoms. The van der Waals surface area contributed by atoms with E-state index in [1.165, 1.54) is 18.2 Å². The van der Waals surface area contributed by atoms with Crippen molar-refractivity contribution in [3.8, 4) is 0 Å². The van der Waals surface area contributed by atoms with Gasteiger partial charge in [0.05, 0.1) is 10.7 Å². The molecule has 0 saturated carbocycles. The van der Waals surface area contributed by atoms with Crippen LogP contribution in [0, 0.1) is 5.82 Å². The molecule has 96 valence electrons. The topological polar surface area (TPSA) is 49.4 Å². The van der Waals surface area contributed by atoms with E-state index in [4.69, 9.17) is 11.6 Å². The molecule has 0 unspecified atom stereocenters. The fraction of sp³-hybridized carbons (Fsp3) is 0.333. The number of nitrogens with one attached hydrogen (secondary N) is 1. The summed E-state index contributed by atoms with van der Waals surface area (Å²) in [6.45, 7) is 2.93. The third-order valence-corrected chi connectivity index (χ3v) is 3.05. The number of hydrogen-bond donors (Lipinski definition) is 1. The Morgan fingerprint density at radius 1 is 1.39 bits per heavy atom. The largest absolute Gasteiger partial charge is 0.341 e. The Bertz CT molecular complexity index is 531. The summed E-state index contributed by atoms with van der Waals surface area (Å²) >= 11 is 5.67. The zero-order valence-electron chi connectivity index (χ0n) is 9.96. The highest BCUT2D eigenvalue weighted by Crippen LogP contribution is 2.28. The minimum atomic E-state index is -1.05. The van der Waals surface area contributed by atoms with Crippen LogP contribution in [0.15, 0.2) is 18.2 Å². The number of carbonyl (C=O) groups is 2. The van der Waals surface area contributed by atoms with Crippen LogP contribution in [0.2, 0.25) is 5.02 Å².